The fraction of sp³-hybridized carbons (Fsp3) is 0.176. The molecule has 0 unspecified atom stereocenters. The molecule has 0 saturated heterocycles. The van der Waals surface area contributed by atoms with E-state index < -0.39 is 0 Å². The number of nitrogens with zero attached hydrogens (tertiary/aromatic N) is 3. The van der Waals surface area contributed by atoms with Gasteiger partial charge in [-0.3, -0.25) is 14.3 Å². The summed E-state index contributed by atoms with van der Waals surface area (Å²) in [5.41, 5.74) is 3.36. The molecule has 0 aliphatic carbocycles. The van der Waals surface area contributed by atoms with Gasteiger partial charge in [0.25, 0.3) is 5.91 Å². The van der Waals surface area contributed by atoms with Crippen molar-refractivity contribution in [3.8, 4) is 10.6 Å². The monoisotopic (exact) mass is 355 g/mol. The topological polar surface area (TPSA) is 88.9 Å². The van der Waals surface area contributed by atoms with E-state index in [0.29, 0.717) is 17.1 Å². The zero-order valence-electron chi connectivity index (χ0n) is 14.0. The lowest BCUT2D eigenvalue weighted by molar-refractivity contribution is -0.114. The van der Waals surface area contributed by atoms with Crippen LogP contribution in [-0.4, -0.2) is 26.6 Å². The maximum absolute atomic E-state index is 12.5. The quantitative estimate of drug-likeness (QED) is 0.753. The van der Waals surface area contributed by atoms with Gasteiger partial charge in [0, 0.05) is 42.5 Å². The third-order valence-corrected chi connectivity index (χ3v) is 4.39. The summed E-state index contributed by atoms with van der Waals surface area (Å²) in [5.74, 6) is -0.462. The number of benzene rings is 1. The van der Waals surface area contributed by atoms with E-state index in [2.05, 4.69) is 20.7 Å². The summed E-state index contributed by atoms with van der Waals surface area (Å²) in [7, 11) is 1.83. The predicted octanol–water partition coefficient (Wildman–Crippen LogP) is 3.06. The number of carbonyl (C=O) groups is 2. The van der Waals surface area contributed by atoms with Gasteiger partial charge in [-0.15, -0.1) is 11.3 Å². The molecule has 2 N–H and O–H groups in total. The van der Waals surface area contributed by atoms with Crippen molar-refractivity contribution in [3.63, 3.8) is 0 Å². The molecular formula is C17H17N5O2S. The van der Waals surface area contributed by atoms with E-state index >= 15 is 0 Å². The molecule has 0 spiro atoms. The van der Waals surface area contributed by atoms with Crippen LogP contribution in [0.2, 0.25) is 0 Å². The summed E-state index contributed by atoms with van der Waals surface area (Å²) >= 11 is 1.39. The zero-order valence-corrected chi connectivity index (χ0v) is 14.8. The lowest BCUT2D eigenvalue weighted by Crippen LogP contribution is -2.14. The van der Waals surface area contributed by atoms with Crippen LogP contribution in [0.4, 0.5) is 11.4 Å². The van der Waals surface area contributed by atoms with Gasteiger partial charge >= 0.3 is 0 Å². The van der Waals surface area contributed by atoms with Gasteiger partial charge in [0.15, 0.2) is 0 Å². The van der Waals surface area contributed by atoms with Crippen LogP contribution in [0.1, 0.15) is 23.0 Å². The Balaban J connectivity index is 1.78. The lowest BCUT2D eigenvalue weighted by atomic mass is 10.1. The van der Waals surface area contributed by atoms with E-state index in [1.54, 1.807) is 28.4 Å². The highest BCUT2D eigenvalue weighted by molar-refractivity contribution is 7.13. The van der Waals surface area contributed by atoms with Crippen molar-refractivity contribution in [2.75, 3.05) is 10.6 Å². The maximum Gasteiger partial charge on any atom is 0.275 e. The Kier molecular flexibility index (Phi) is 4.62. The van der Waals surface area contributed by atoms with Crippen molar-refractivity contribution in [2.45, 2.75) is 13.8 Å². The van der Waals surface area contributed by atoms with Crippen molar-refractivity contribution >= 4 is 34.5 Å². The summed E-state index contributed by atoms with van der Waals surface area (Å²) in [6.07, 6.45) is 3.56. The number of rotatable bonds is 4. The first-order chi connectivity index (χ1) is 11.9. The molecule has 2 amide bonds. The third kappa shape index (κ3) is 3.92. The van der Waals surface area contributed by atoms with E-state index in [4.69, 9.17) is 0 Å². The average molecular weight is 355 g/mol. The fourth-order valence-corrected chi connectivity index (χ4v) is 3.04. The first kappa shape index (κ1) is 16.8. The zero-order chi connectivity index (χ0) is 18.0. The van der Waals surface area contributed by atoms with Gasteiger partial charge in [0.1, 0.15) is 10.7 Å². The minimum Gasteiger partial charge on any atom is -0.326 e. The summed E-state index contributed by atoms with van der Waals surface area (Å²) in [6.45, 7) is 3.32. The maximum atomic E-state index is 12.5. The number of anilines is 2. The number of amides is 2. The highest BCUT2D eigenvalue weighted by Crippen LogP contribution is 2.25. The van der Waals surface area contributed by atoms with Gasteiger partial charge in [-0.1, -0.05) is 6.07 Å². The molecule has 0 saturated carbocycles. The Labute approximate surface area is 148 Å². The largest absolute Gasteiger partial charge is 0.326 e. The molecule has 0 aliphatic heterocycles. The molecule has 1 aromatic carbocycles. The highest BCUT2D eigenvalue weighted by atomic mass is 32.1. The van der Waals surface area contributed by atoms with Gasteiger partial charge in [-0.05, 0) is 24.6 Å². The molecule has 0 fully saturated rings. The normalized spacial score (nSPS) is 10.5. The van der Waals surface area contributed by atoms with Gasteiger partial charge in [0.05, 0.1) is 6.20 Å². The number of aryl methyl sites for hydroxylation is 2. The van der Waals surface area contributed by atoms with E-state index in [9.17, 15) is 9.59 Å². The minimum atomic E-state index is -0.297. The molecule has 0 atom stereocenters. The van der Waals surface area contributed by atoms with Crippen molar-refractivity contribution < 1.29 is 9.59 Å². The summed E-state index contributed by atoms with van der Waals surface area (Å²) < 4.78 is 1.69. The Morgan fingerprint density at radius 3 is 2.72 bits per heavy atom. The Hall–Kier alpha value is -3.00. The second-order valence-corrected chi connectivity index (χ2v) is 6.46. The van der Waals surface area contributed by atoms with Crippen molar-refractivity contribution in [2.24, 2.45) is 7.05 Å². The Morgan fingerprint density at radius 2 is 2.04 bits per heavy atom. The average Bonchev–Trinajstić information content (AvgIpc) is 3.18. The molecule has 8 heteroatoms. The SMILES string of the molecule is CC(=O)Nc1ccc(C)c(NC(=O)c2csc(-c3cnn(C)c3)n2)c1. The number of thiazole rings is 1. The van der Waals surface area contributed by atoms with Crippen LogP contribution in [0.3, 0.4) is 0 Å². The molecule has 2 aromatic heterocycles. The third-order valence-electron chi connectivity index (χ3n) is 3.49. The molecule has 0 aliphatic rings. The van der Waals surface area contributed by atoms with Crippen molar-refractivity contribution in [1.82, 2.24) is 14.8 Å². The van der Waals surface area contributed by atoms with Crippen molar-refractivity contribution in [1.29, 1.82) is 0 Å². The first-order valence-corrected chi connectivity index (χ1v) is 8.44. The van der Waals surface area contributed by atoms with Crippen LogP contribution in [0.5, 0.6) is 0 Å². The molecule has 25 heavy (non-hydrogen) atoms. The Morgan fingerprint density at radius 1 is 1.24 bits per heavy atom. The Bertz CT molecular complexity index is 944. The van der Waals surface area contributed by atoms with Crippen LogP contribution < -0.4 is 10.6 Å². The molecule has 0 bridgehead atoms. The highest BCUT2D eigenvalue weighted by Gasteiger charge is 2.14. The minimum absolute atomic E-state index is 0.165. The van der Waals surface area contributed by atoms with Crippen LogP contribution in [0, 0.1) is 6.92 Å². The summed E-state index contributed by atoms with van der Waals surface area (Å²) in [5, 5.41) is 12.1. The lowest BCUT2D eigenvalue weighted by Gasteiger charge is -2.10. The predicted molar refractivity (Wildman–Crippen MR) is 97.8 cm³/mol. The second kappa shape index (κ2) is 6.86. The molecule has 0 radical (unpaired) electrons. The number of nitrogens with one attached hydrogen (secondary N) is 2. The standard InChI is InChI=1S/C17H17N5O2S/c1-10-4-5-13(19-11(2)23)6-14(10)20-16(24)15-9-25-17(21-15)12-7-18-22(3)8-12/h4-9H,1-3H3,(H,19,23)(H,20,24). The van der Waals surface area contributed by atoms with Crippen LogP contribution in [0.15, 0.2) is 36.0 Å². The molecular weight excluding hydrogens is 338 g/mol. The number of hydrogen-bond acceptors (Lipinski definition) is 5. The van der Waals surface area contributed by atoms with Gasteiger partial charge in [-0.2, -0.15) is 5.10 Å². The molecule has 3 rings (SSSR count). The second-order valence-electron chi connectivity index (χ2n) is 5.61. The number of aromatic nitrogens is 3. The van der Waals surface area contributed by atoms with Gasteiger partial charge in [-0.25, -0.2) is 4.98 Å². The molecule has 7 nitrogen and oxygen atoms in total. The first-order valence-electron chi connectivity index (χ1n) is 7.56. The molecule has 3 aromatic rings. The molecule has 2 heterocycles. The number of carbonyl (C=O) groups excluding carboxylic acids is 2. The van der Waals surface area contributed by atoms with Gasteiger partial charge in [0.2, 0.25) is 5.91 Å². The van der Waals surface area contributed by atoms with Crippen LogP contribution in [-0.2, 0) is 11.8 Å². The van der Waals surface area contributed by atoms with E-state index in [1.165, 1.54) is 18.3 Å². The summed E-state index contributed by atoms with van der Waals surface area (Å²) in [6, 6.07) is 5.35. The fourth-order valence-electron chi connectivity index (χ4n) is 2.27. The summed E-state index contributed by atoms with van der Waals surface area (Å²) in [4.78, 5) is 28.0. The van der Waals surface area contributed by atoms with E-state index in [0.717, 1.165) is 16.1 Å². The van der Waals surface area contributed by atoms with E-state index in [1.807, 2.05) is 26.2 Å². The molecule has 128 valence electrons. The smallest absolute Gasteiger partial charge is 0.275 e. The van der Waals surface area contributed by atoms with Crippen LogP contribution in [0.25, 0.3) is 10.6 Å². The number of hydrogen-bond donors (Lipinski definition) is 2. The van der Waals surface area contributed by atoms with Gasteiger partial charge < -0.3 is 10.6 Å². The van der Waals surface area contributed by atoms with Crippen molar-refractivity contribution in [3.05, 3.63) is 47.2 Å². The van der Waals surface area contributed by atoms with Crippen LogP contribution >= 0.6 is 11.3 Å². The van der Waals surface area contributed by atoms with E-state index in [-0.39, 0.29) is 11.8 Å².